The lowest BCUT2D eigenvalue weighted by Crippen LogP contribution is -2.27. The van der Waals surface area contributed by atoms with Crippen LogP contribution < -0.4 is 5.32 Å². The number of aliphatic hydroxyl groups excluding tert-OH is 1. The Morgan fingerprint density at radius 3 is 2.61 bits per heavy atom. The van der Waals surface area contributed by atoms with Crippen molar-refractivity contribution in [3.8, 4) is 0 Å². The van der Waals surface area contributed by atoms with E-state index in [4.69, 9.17) is 0 Å². The molecule has 0 amide bonds. The van der Waals surface area contributed by atoms with E-state index >= 15 is 0 Å². The van der Waals surface area contributed by atoms with Gasteiger partial charge in [0.05, 0.1) is 9.89 Å². The molecule has 0 aliphatic heterocycles. The Morgan fingerprint density at radius 2 is 1.94 bits per heavy atom. The van der Waals surface area contributed by atoms with Gasteiger partial charge < -0.3 is 10.4 Å². The summed E-state index contributed by atoms with van der Waals surface area (Å²) in [5.41, 5.74) is 1.17. The summed E-state index contributed by atoms with van der Waals surface area (Å²) in [6.07, 6.45) is 0.359. The molecule has 0 saturated carbocycles. The zero-order valence-corrected chi connectivity index (χ0v) is 12.4. The summed E-state index contributed by atoms with van der Waals surface area (Å²) in [7, 11) is 0. The Morgan fingerprint density at radius 1 is 1.17 bits per heavy atom. The highest BCUT2D eigenvalue weighted by Crippen LogP contribution is 2.21. The number of hydrogen-bond acceptors (Lipinski definition) is 3. The molecule has 0 bridgehead atoms. The fourth-order valence-corrected chi connectivity index (χ4v) is 3.22. The van der Waals surface area contributed by atoms with E-state index in [2.05, 4.69) is 27.3 Å². The van der Waals surface area contributed by atoms with Gasteiger partial charge in [0.25, 0.3) is 0 Å². The van der Waals surface area contributed by atoms with Crippen molar-refractivity contribution < 1.29 is 5.11 Å². The number of aliphatic hydroxyl groups is 1. The van der Waals surface area contributed by atoms with Crippen LogP contribution in [0.25, 0.3) is 0 Å². The van der Waals surface area contributed by atoms with Crippen LogP contribution in [0.2, 0.25) is 0 Å². The molecule has 2 aromatic rings. The Bertz CT molecular complexity index is 472. The minimum absolute atomic E-state index is 0.337. The Hall–Kier alpha value is -0.680. The molecule has 4 heteroatoms. The van der Waals surface area contributed by atoms with E-state index in [-0.39, 0.29) is 6.10 Å². The number of halogens is 1. The van der Waals surface area contributed by atoms with Crippen LogP contribution in [0, 0.1) is 0 Å². The molecule has 0 aliphatic rings. The van der Waals surface area contributed by atoms with Crippen molar-refractivity contribution in [3.05, 3.63) is 56.7 Å². The second kappa shape index (κ2) is 7.04. The molecule has 1 atom stereocenters. The third kappa shape index (κ3) is 4.53. The first kappa shape index (κ1) is 13.7. The number of nitrogens with one attached hydrogen (secondary N) is 1. The molecule has 1 aromatic heterocycles. The van der Waals surface area contributed by atoms with Gasteiger partial charge in [0.15, 0.2) is 0 Å². The minimum Gasteiger partial charge on any atom is -0.391 e. The van der Waals surface area contributed by atoms with Crippen molar-refractivity contribution in [1.82, 2.24) is 5.32 Å². The van der Waals surface area contributed by atoms with E-state index < -0.39 is 0 Å². The average Bonchev–Trinajstić information content (AvgIpc) is 2.76. The predicted molar refractivity (Wildman–Crippen MR) is 79.9 cm³/mol. The Balaban J connectivity index is 1.70. The highest BCUT2D eigenvalue weighted by atomic mass is 79.9. The van der Waals surface area contributed by atoms with Crippen LogP contribution in [-0.4, -0.2) is 17.8 Å². The van der Waals surface area contributed by atoms with Crippen LogP contribution in [0.5, 0.6) is 0 Å². The lowest BCUT2D eigenvalue weighted by Gasteiger charge is -2.11. The fraction of sp³-hybridized carbons (Fsp3) is 0.286. The molecular weight excluding hydrogens is 310 g/mol. The maximum atomic E-state index is 9.92. The highest BCUT2D eigenvalue weighted by molar-refractivity contribution is 9.11. The van der Waals surface area contributed by atoms with Crippen molar-refractivity contribution in [1.29, 1.82) is 0 Å². The second-order valence-electron chi connectivity index (χ2n) is 4.18. The molecule has 0 fully saturated rings. The van der Waals surface area contributed by atoms with Crippen molar-refractivity contribution in [2.75, 3.05) is 6.54 Å². The summed E-state index contributed by atoms with van der Waals surface area (Å²) in [6, 6.07) is 14.2. The summed E-state index contributed by atoms with van der Waals surface area (Å²) in [6.45, 7) is 1.42. The van der Waals surface area contributed by atoms with Crippen LogP contribution in [-0.2, 0) is 13.0 Å². The quantitative estimate of drug-likeness (QED) is 0.854. The SMILES string of the molecule is OC(CNCc1ccc(Br)s1)Cc1ccccc1. The number of rotatable bonds is 6. The van der Waals surface area contributed by atoms with Gasteiger partial charge in [-0.3, -0.25) is 0 Å². The minimum atomic E-state index is -0.337. The van der Waals surface area contributed by atoms with Crippen LogP contribution in [0.15, 0.2) is 46.3 Å². The van der Waals surface area contributed by atoms with Gasteiger partial charge in [-0.05, 0) is 40.0 Å². The number of thiophene rings is 1. The first-order valence-electron chi connectivity index (χ1n) is 5.91. The molecule has 1 heterocycles. The molecule has 96 valence electrons. The van der Waals surface area contributed by atoms with Crippen molar-refractivity contribution in [2.45, 2.75) is 19.1 Å². The molecule has 0 spiro atoms. The first-order valence-corrected chi connectivity index (χ1v) is 7.52. The normalized spacial score (nSPS) is 12.6. The molecule has 0 aliphatic carbocycles. The van der Waals surface area contributed by atoms with E-state index in [0.29, 0.717) is 13.0 Å². The van der Waals surface area contributed by atoms with Gasteiger partial charge in [0, 0.05) is 18.0 Å². The number of hydrogen-bond donors (Lipinski definition) is 2. The molecular formula is C14H16BrNOS. The maximum absolute atomic E-state index is 9.92. The molecule has 1 unspecified atom stereocenters. The molecule has 0 radical (unpaired) electrons. The summed E-state index contributed by atoms with van der Waals surface area (Å²) < 4.78 is 1.14. The van der Waals surface area contributed by atoms with Gasteiger partial charge in [-0.25, -0.2) is 0 Å². The molecule has 1 aromatic carbocycles. The fourth-order valence-electron chi connectivity index (χ4n) is 1.77. The van der Waals surface area contributed by atoms with Gasteiger partial charge in [-0.2, -0.15) is 0 Å². The topological polar surface area (TPSA) is 32.3 Å². The molecule has 2 rings (SSSR count). The third-order valence-corrected chi connectivity index (χ3v) is 4.25. The largest absolute Gasteiger partial charge is 0.391 e. The summed E-state index contributed by atoms with van der Waals surface area (Å²) in [5, 5.41) is 13.2. The summed E-state index contributed by atoms with van der Waals surface area (Å²) >= 11 is 5.15. The van der Waals surface area contributed by atoms with Crippen LogP contribution in [0.3, 0.4) is 0 Å². The van der Waals surface area contributed by atoms with Crippen LogP contribution in [0.1, 0.15) is 10.4 Å². The summed E-state index contributed by atoms with van der Waals surface area (Å²) in [5.74, 6) is 0. The number of benzene rings is 1. The van der Waals surface area contributed by atoms with Gasteiger partial charge in [0.1, 0.15) is 0 Å². The molecule has 0 saturated heterocycles. The maximum Gasteiger partial charge on any atom is 0.0704 e. The Labute approximate surface area is 120 Å². The lowest BCUT2D eigenvalue weighted by atomic mass is 10.1. The smallest absolute Gasteiger partial charge is 0.0704 e. The molecule has 2 nitrogen and oxygen atoms in total. The third-order valence-electron chi connectivity index (χ3n) is 2.62. The first-order chi connectivity index (χ1) is 8.74. The van der Waals surface area contributed by atoms with Crippen LogP contribution in [0.4, 0.5) is 0 Å². The average molecular weight is 326 g/mol. The summed E-state index contributed by atoms with van der Waals surface area (Å²) in [4.78, 5) is 1.27. The Kier molecular flexibility index (Phi) is 5.38. The second-order valence-corrected chi connectivity index (χ2v) is 6.73. The van der Waals surface area contributed by atoms with E-state index in [1.165, 1.54) is 10.4 Å². The van der Waals surface area contributed by atoms with E-state index in [1.807, 2.05) is 36.4 Å². The van der Waals surface area contributed by atoms with Gasteiger partial charge >= 0.3 is 0 Å². The van der Waals surface area contributed by atoms with Crippen LogP contribution >= 0.6 is 27.3 Å². The van der Waals surface area contributed by atoms with Crippen molar-refractivity contribution in [2.24, 2.45) is 0 Å². The van der Waals surface area contributed by atoms with Gasteiger partial charge in [-0.1, -0.05) is 30.3 Å². The zero-order chi connectivity index (χ0) is 12.8. The van der Waals surface area contributed by atoms with Crippen molar-refractivity contribution >= 4 is 27.3 Å². The highest BCUT2D eigenvalue weighted by Gasteiger charge is 2.05. The van der Waals surface area contributed by atoms with E-state index in [9.17, 15) is 5.11 Å². The van der Waals surface area contributed by atoms with E-state index in [0.717, 1.165) is 10.3 Å². The lowest BCUT2D eigenvalue weighted by molar-refractivity contribution is 0.171. The molecule has 2 N–H and O–H groups in total. The van der Waals surface area contributed by atoms with Gasteiger partial charge in [-0.15, -0.1) is 11.3 Å². The van der Waals surface area contributed by atoms with Crippen molar-refractivity contribution in [3.63, 3.8) is 0 Å². The molecule has 18 heavy (non-hydrogen) atoms. The monoisotopic (exact) mass is 325 g/mol. The predicted octanol–water partition coefficient (Wildman–Crippen LogP) is 3.20. The van der Waals surface area contributed by atoms with E-state index in [1.54, 1.807) is 11.3 Å². The zero-order valence-electron chi connectivity index (χ0n) is 9.97. The van der Waals surface area contributed by atoms with Gasteiger partial charge in [0.2, 0.25) is 0 Å². The standard InChI is InChI=1S/C14H16BrNOS/c15-14-7-6-13(18-14)10-16-9-12(17)8-11-4-2-1-3-5-11/h1-7,12,16-17H,8-10H2.